The van der Waals surface area contributed by atoms with Crippen molar-refractivity contribution >= 4 is 17.6 Å². The molecule has 1 aliphatic carbocycles. The molecule has 5 heteroatoms. The Bertz CT molecular complexity index is 512. The minimum Gasteiger partial charge on any atom is -0.453 e. The molecule has 0 saturated heterocycles. The zero-order valence-electron chi connectivity index (χ0n) is 12.1. The number of nitrogens with one attached hydrogen (secondary N) is 1. The molecule has 1 fully saturated rings. The highest BCUT2D eigenvalue weighted by Gasteiger charge is 2.23. The first-order valence-corrected chi connectivity index (χ1v) is 7.31. The average molecular weight is 293 g/mol. The minimum atomic E-state index is -0.932. The summed E-state index contributed by atoms with van der Waals surface area (Å²) < 4.78 is 18.5. The summed E-state index contributed by atoms with van der Waals surface area (Å²) in [5.41, 5.74) is 0.0844. The van der Waals surface area contributed by atoms with E-state index in [9.17, 15) is 14.0 Å². The Morgan fingerprint density at radius 1 is 1.33 bits per heavy atom. The monoisotopic (exact) mass is 293 g/mol. The molecule has 1 aliphatic rings. The molecule has 21 heavy (non-hydrogen) atoms. The van der Waals surface area contributed by atoms with Gasteiger partial charge >= 0.3 is 5.97 Å². The molecule has 4 nitrogen and oxygen atoms in total. The molecule has 1 amide bonds. The first-order chi connectivity index (χ1) is 10.1. The lowest BCUT2D eigenvalue weighted by molar-refractivity contribution is -0.154. The van der Waals surface area contributed by atoms with Crippen LogP contribution in [0.15, 0.2) is 24.3 Å². The van der Waals surface area contributed by atoms with E-state index in [4.69, 9.17) is 4.74 Å². The number of para-hydroxylation sites is 1. The van der Waals surface area contributed by atoms with Crippen molar-refractivity contribution in [3.8, 4) is 0 Å². The summed E-state index contributed by atoms with van der Waals surface area (Å²) in [5, 5.41) is 2.42. The van der Waals surface area contributed by atoms with Gasteiger partial charge in [-0.15, -0.1) is 0 Å². The predicted molar refractivity (Wildman–Crippen MR) is 77.2 cm³/mol. The van der Waals surface area contributed by atoms with Gasteiger partial charge in [-0.2, -0.15) is 0 Å². The number of hydrogen-bond donors (Lipinski definition) is 1. The molecular formula is C16H20FNO3. The summed E-state index contributed by atoms with van der Waals surface area (Å²) in [6.45, 7) is 1.49. The quantitative estimate of drug-likeness (QED) is 0.848. The smallest absolute Gasteiger partial charge is 0.306 e. The Labute approximate surface area is 123 Å². The van der Waals surface area contributed by atoms with Crippen LogP contribution in [0.3, 0.4) is 0 Å². The topological polar surface area (TPSA) is 55.4 Å². The molecule has 1 atom stereocenters. The number of carbonyl (C=O) groups is 2. The van der Waals surface area contributed by atoms with E-state index in [1.54, 1.807) is 6.07 Å². The summed E-state index contributed by atoms with van der Waals surface area (Å²) in [6.07, 6.45) is 3.83. The fraction of sp³-hybridized carbons (Fsp3) is 0.500. The van der Waals surface area contributed by atoms with Crippen molar-refractivity contribution in [3.05, 3.63) is 30.1 Å². The largest absolute Gasteiger partial charge is 0.453 e. The molecule has 0 aliphatic heterocycles. The molecule has 0 spiro atoms. The summed E-state index contributed by atoms with van der Waals surface area (Å²) >= 11 is 0. The van der Waals surface area contributed by atoms with Gasteiger partial charge in [0.1, 0.15) is 5.82 Å². The maximum atomic E-state index is 13.4. The lowest BCUT2D eigenvalue weighted by Crippen LogP contribution is -2.30. The van der Waals surface area contributed by atoms with Crippen molar-refractivity contribution in [2.75, 3.05) is 5.32 Å². The van der Waals surface area contributed by atoms with Crippen LogP contribution in [-0.4, -0.2) is 18.0 Å². The molecule has 1 N–H and O–H groups in total. The van der Waals surface area contributed by atoms with Crippen molar-refractivity contribution in [2.45, 2.75) is 45.1 Å². The Hall–Kier alpha value is -1.91. The second-order valence-corrected chi connectivity index (χ2v) is 5.46. The van der Waals surface area contributed by atoms with Crippen LogP contribution in [0, 0.1) is 11.7 Å². The van der Waals surface area contributed by atoms with Crippen LogP contribution >= 0.6 is 0 Å². The van der Waals surface area contributed by atoms with Crippen LogP contribution in [0.25, 0.3) is 0 Å². The average Bonchev–Trinajstić information content (AvgIpc) is 2.93. The number of amides is 1. The van der Waals surface area contributed by atoms with E-state index in [1.807, 2.05) is 0 Å². The molecule has 0 heterocycles. The van der Waals surface area contributed by atoms with E-state index in [2.05, 4.69) is 5.32 Å². The first-order valence-electron chi connectivity index (χ1n) is 7.31. The van der Waals surface area contributed by atoms with E-state index >= 15 is 0 Å². The summed E-state index contributed by atoms with van der Waals surface area (Å²) in [7, 11) is 0. The number of rotatable bonds is 5. The first kappa shape index (κ1) is 15.5. The molecule has 1 aromatic carbocycles. The van der Waals surface area contributed by atoms with Gasteiger partial charge in [0.15, 0.2) is 6.10 Å². The summed E-state index contributed by atoms with van der Waals surface area (Å²) in [5.74, 6) is -1.03. The van der Waals surface area contributed by atoms with Gasteiger partial charge in [0.25, 0.3) is 5.91 Å². The maximum absolute atomic E-state index is 13.4. The highest BCUT2D eigenvalue weighted by Crippen LogP contribution is 2.27. The Morgan fingerprint density at radius 3 is 2.67 bits per heavy atom. The third-order valence-corrected chi connectivity index (χ3v) is 3.74. The summed E-state index contributed by atoms with van der Waals surface area (Å²) in [6, 6.07) is 5.87. The van der Waals surface area contributed by atoms with Crippen molar-refractivity contribution in [1.82, 2.24) is 0 Å². The maximum Gasteiger partial charge on any atom is 0.306 e. The molecule has 2 rings (SSSR count). The van der Waals surface area contributed by atoms with Crippen LogP contribution in [-0.2, 0) is 14.3 Å². The zero-order chi connectivity index (χ0) is 15.2. The van der Waals surface area contributed by atoms with Crippen molar-refractivity contribution in [1.29, 1.82) is 0 Å². The van der Waals surface area contributed by atoms with E-state index in [0.717, 1.165) is 25.7 Å². The molecule has 0 aromatic heterocycles. The number of esters is 1. The minimum absolute atomic E-state index is 0.0844. The molecule has 1 saturated carbocycles. The number of ether oxygens (including phenoxy) is 1. The third kappa shape index (κ3) is 4.55. The fourth-order valence-corrected chi connectivity index (χ4v) is 2.55. The van der Waals surface area contributed by atoms with Crippen LogP contribution in [0.4, 0.5) is 10.1 Å². The van der Waals surface area contributed by atoms with Gasteiger partial charge in [-0.25, -0.2) is 4.39 Å². The summed E-state index contributed by atoms with van der Waals surface area (Å²) in [4.78, 5) is 23.6. The Kier molecular flexibility index (Phi) is 5.31. The van der Waals surface area contributed by atoms with E-state index in [0.29, 0.717) is 12.3 Å². The van der Waals surface area contributed by atoms with Crippen LogP contribution in [0.2, 0.25) is 0 Å². The second-order valence-electron chi connectivity index (χ2n) is 5.46. The molecule has 0 radical (unpaired) electrons. The number of halogens is 1. The van der Waals surface area contributed by atoms with E-state index in [-0.39, 0.29) is 11.7 Å². The number of carbonyl (C=O) groups excluding carboxylic acids is 2. The number of benzene rings is 1. The molecule has 1 unspecified atom stereocenters. The fourth-order valence-electron chi connectivity index (χ4n) is 2.55. The van der Waals surface area contributed by atoms with Crippen LogP contribution in [0.5, 0.6) is 0 Å². The van der Waals surface area contributed by atoms with Gasteiger partial charge in [-0.1, -0.05) is 25.0 Å². The number of hydrogen-bond acceptors (Lipinski definition) is 3. The normalized spacial score (nSPS) is 16.5. The van der Waals surface area contributed by atoms with Gasteiger partial charge in [0, 0.05) is 6.42 Å². The zero-order valence-corrected chi connectivity index (χ0v) is 12.1. The highest BCUT2D eigenvalue weighted by atomic mass is 19.1. The van der Waals surface area contributed by atoms with Gasteiger partial charge in [0.2, 0.25) is 0 Å². The predicted octanol–water partition coefficient (Wildman–Crippen LogP) is 3.28. The van der Waals surface area contributed by atoms with Gasteiger partial charge < -0.3 is 10.1 Å². The SMILES string of the molecule is CC(OC(=O)CC1CCCC1)C(=O)Nc1ccccc1F. The van der Waals surface area contributed by atoms with Crippen molar-refractivity contribution in [2.24, 2.45) is 5.92 Å². The molecule has 0 bridgehead atoms. The van der Waals surface area contributed by atoms with Gasteiger partial charge in [-0.3, -0.25) is 9.59 Å². The van der Waals surface area contributed by atoms with Crippen LogP contribution < -0.4 is 5.32 Å². The Morgan fingerprint density at radius 2 is 2.00 bits per heavy atom. The third-order valence-electron chi connectivity index (χ3n) is 3.74. The standard InChI is InChI=1S/C16H20FNO3/c1-11(21-15(19)10-12-6-2-3-7-12)16(20)18-14-9-5-4-8-13(14)17/h4-5,8-9,11-12H,2-3,6-7,10H2,1H3,(H,18,20). The van der Waals surface area contributed by atoms with E-state index < -0.39 is 17.8 Å². The highest BCUT2D eigenvalue weighted by molar-refractivity contribution is 5.95. The van der Waals surface area contributed by atoms with Crippen molar-refractivity contribution in [3.63, 3.8) is 0 Å². The van der Waals surface area contributed by atoms with E-state index in [1.165, 1.54) is 25.1 Å². The number of anilines is 1. The molecular weight excluding hydrogens is 273 g/mol. The van der Waals surface area contributed by atoms with Crippen LogP contribution in [0.1, 0.15) is 39.0 Å². The second kappa shape index (κ2) is 7.20. The van der Waals surface area contributed by atoms with Gasteiger partial charge in [-0.05, 0) is 37.8 Å². The molecule has 114 valence electrons. The Balaban J connectivity index is 1.81. The van der Waals surface area contributed by atoms with Crippen molar-refractivity contribution < 1.29 is 18.7 Å². The lowest BCUT2D eigenvalue weighted by atomic mass is 10.0. The molecule has 1 aromatic rings. The van der Waals surface area contributed by atoms with Gasteiger partial charge in [0.05, 0.1) is 5.69 Å². The lowest BCUT2D eigenvalue weighted by Gasteiger charge is -2.15.